The average Bonchev–Trinajstić information content (AvgIpc) is 2.20. The van der Waals surface area contributed by atoms with Crippen molar-refractivity contribution in [2.24, 2.45) is 0 Å². The van der Waals surface area contributed by atoms with Gasteiger partial charge in [-0.1, -0.05) is 5.92 Å². The molecule has 0 aliphatic rings. The predicted octanol–water partition coefficient (Wildman–Crippen LogP) is 2.04. The van der Waals surface area contributed by atoms with Gasteiger partial charge < -0.3 is 4.74 Å². The van der Waals surface area contributed by atoms with Gasteiger partial charge in [0.1, 0.15) is 6.29 Å². The quantitative estimate of drug-likeness (QED) is 0.541. The molecule has 3 heteroatoms. The van der Waals surface area contributed by atoms with Crippen LogP contribution in [0.2, 0.25) is 0 Å². The molecular formula is C11H9FO2. The molecular weight excluding hydrogens is 183 g/mol. The van der Waals surface area contributed by atoms with Gasteiger partial charge in [0.2, 0.25) is 0 Å². The van der Waals surface area contributed by atoms with E-state index in [-0.39, 0.29) is 11.3 Å². The molecule has 0 heterocycles. The lowest BCUT2D eigenvalue weighted by atomic mass is 10.2. The minimum Gasteiger partial charge on any atom is -0.475 e. The Bertz CT molecular complexity index is 379. The fourth-order valence-electron chi connectivity index (χ4n) is 0.910. The van der Waals surface area contributed by atoms with Gasteiger partial charge in [-0.2, -0.15) is 0 Å². The van der Waals surface area contributed by atoms with Gasteiger partial charge in [-0.25, -0.2) is 4.39 Å². The predicted molar refractivity (Wildman–Crippen MR) is 50.7 cm³/mol. The Kier molecular flexibility index (Phi) is 3.24. The first-order chi connectivity index (χ1) is 6.67. The normalized spacial score (nSPS) is 11.5. The Labute approximate surface area is 81.7 Å². The van der Waals surface area contributed by atoms with Crippen LogP contribution >= 0.6 is 0 Å². The molecule has 1 unspecified atom stereocenters. The maximum absolute atomic E-state index is 13.2. The highest BCUT2D eigenvalue weighted by Gasteiger charge is 2.06. The van der Waals surface area contributed by atoms with Crippen molar-refractivity contribution < 1.29 is 13.9 Å². The molecule has 0 spiro atoms. The van der Waals surface area contributed by atoms with Crippen molar-refractivity contribution in [3.63, 3.8) is 0 Å². The van der Waals surface area contributed by atoms with Crippen molar-refractivity contribution >= 4 is 6.29 Å². The smallest absolute Gasteiger partial charge is 0.165 e. The summed E-state index contributed by atoms with van der Waals surface area (Å²) in [4.78, 5) is 10.3. The number of ether oxygens (including phenoxy) is 1. The molecule has 0 saturated heterocycles. The van der Waals surface area contributed by atoms with E-state index in [1.165, 1.54) is 12.1 Å². The Balaban J connectivity index is 2.90. The summed E-state index contributed by atoms with van der Waals surface area (Å²) >= 11 is 0. The monoisotopic (exact) mass is 192 g/mol. The number of rotatable bonds is 3. The van der Waals surface area contributed by atoms with Crippen LogP contribution in [0, 0.1) is 18.2 Å². The van der Waals surface area contributed by atoms with Crippen LogP contribution in [0.15, 0.2) is 18.2 Å². The van der Waals surface area contributed by atoms with E-state index in [4.69, 9.17) is 11.2 Å². The molecule has 0 N–H and O–H groups in total. The number of halogens is 1. The molecule has 0 bridgehead atoms. The highest BCUT2D eigenvalue weighted by Crippen LogP contribution is 2.18. The lowest BCUT2D eigenvalue weighted by molar-refractivity contribution is 0.112. The van der Waals surface area contributed by atoms with E-state index >= 15 is 0 Å². The second kappa shape index (κ2) is 4.43. The minimum atomic E-state index is -0.586. The SMILES string of the molecule is C#CC(C)Oc1ccc(C=O)cc1F. The van der Waals surface area contributed by atoms with Crippen LogP contribution in [-0.2, 0) is 0 Å². The lowest BCUT2D eigenvalue weighted by Gasteiger charge is -2.09. The number of carbonyl (C=O) groups excluding carboxylic acids is 1. The summed E-state index contributed by atoms with van der Waals surface area (Å²) in [6.45, 7) is 1.63. The molecule has 0 aliphatic heterocycles. The highest BCUT2D eigenvalue weighted by molar-refractivity contribution is 5.74. The third-order valence-electron chi connectivity index (χ3n) is 1.63. The van der Waals surface area contributed by atoms with Crippen LogP contribution in [0.4, 0.5) is 4.39 Å². The highest BCUT2D eigenvalue weighted by atomic mass is 19.1. The van der Waals surface area contributed by atoms with Gasteiger partial charge in [0.25, 0.3) is 0 Å². The van der Waals surface area contributed by atoms with E-state index in [0.717, 1.165) is 6.07 Å². The zero-order chi connectivity index (χ0) is 10.6. The fraction of sp³-hybridized carbons (Fsp3) is 0.182. The zero-order valence-corrected chi connectivity index (χ0v) is 7.66. The summed E-state index contributed by atoms with van der Waals surface area (Å²) in [5.74, 6) is 1.78. The number of hydrogen-bond acceptors (Lipinski definition) is 2. The van der Waals surface area contributed by atoms with Crippen molar-refractivity contribution in [1.82, 2.24) is 0 Å². The van der Waals surface area contributed by atoms with Gasteiger partial charge >= 0.3 is 0 Å². The molecule has 2 nitrogen and oxygen atoms in total. The Morgan fingerprint density at radius 1 is 1.64 bits per heavy atom. The molecule has 0 saturated carbocycles. The average molecular weight is 192 g/mol. The third-order valence-corrected chi connectivity index (χ3v) is 1.63. The second-order valence-corrected chi connectivity index (χ2v) is 2.73. The van der Waals surface area contributed by atoms with E-state index in [0.29, 0.717) is 6.29 Å². The van der Waals surface area contributed by atoms with Crippen LogP contribution in [0.1, 0.15) is 17.3 Å². The molecule has 0 amide bonds. The van der Waals surface area contributed by atoms with Crippen molar-refractivity contribution in [1.29, 1.82) is 0 Å². The number of aldehydes is 1. The minimum absolute atomic E-state index is 0.0565. The van der Waals surface area contributed by atoms with Crippen molar-refractivity contribution in [2.45, 2.75) is 13.0 Å². The number of terminal acetylenes is 1. The zero-order valence-electron chi connectivity index (χ0n) is 7.66. The Hall–Kier alpha value is -1.82. The van der Waals surface area contributed by atoms with Gasteiger partial charge in [-0.15, -0.1) is 6.42 Å². The van der Waals surface area contributed by atoms with Crippen molar-refractivity contribution in [3.8, 4) is 18.1 Å². The number of benzene rings is 1. The van der Waals surface area contributed by atoms with E-state index < -0.39 is 11.9 Å². The molecule has 0 radical (unpaired) electrons. The molecule has 1 aromatic rings. The number of hydrogen-bond donors (Lipinski definition) is 0. The standard InChI is InChI=1S/C11H9FO2/c1-3-8(2)14-11-5-4-9(7-13)6-10(11)12/h1,4-8H,2H3. The third kappa shape index (κ3) is 2.33. The molecule has 0 fully saturated rings. The second-order valence-electron chi connectivity index (χ2n) is 2.73. The summed E-state index contributed by atoms with van der Waals surface area (Å²) in [5, 5.41) is 0. The van der Waals surface area contributed by atoms with E-state index in [9.17, 15) is 9.18 Å². The molecule has 72 valence electrons. The molecule has 14 heavy (non-hydrogen) atoms. The van der Waals surface area contributed by atoms with Gasteiger partial charge in [0.05, 0.1) is 0 Å². The van der Waals surface area contributed by atoms with Gasteiger partial charge in [-0.05, 0) is 25.1 Å². The maximum Gasteiger partial charge on any atom is 0.165 e. The maximum atomic E-state index is 13.2. The van der Waals surface area contributed by atoms with E-state index in [2.05, 4.69) is 5.92 Å². The molecule has 0 aromatic heterocycles. The number of carbonyl (C=O) groups is 1. The Morgan fingerprint density at radius 3 is 2.86 bits per heavy atom. The fourth-order valence-corrected chi connectivity index (χ4v) is 0.910. The van der Waals surface area contributed by atoms with E-state index in [1.807, 2.05) is 0 Å². The van der Waals surface area contributed by atoms with Crippen molar-refractivity contribution in [2.75, 3.05) is 0 Å². The molecule has 1 rings (SSSR count). The Morgan fingerprint density at radius 2 is 2.36 bits per heavy atom. The summed E-state index contributed by atoms with van der Waals surface area (Å²) in [5.41, 5.74) is 0.267. The first-order valence-electron chi connectivity index (χ1n) is 4.05. The molecule has 1 atom stereocenters. The van der Waals surface area contributed by atoms with Crippen LogP contribution in [-0.4, -0.2) is 12.4 Å². The topological polar surface area (TPSA) is 26.3 Å². The summed E-state index contributed by atoms with van der Waals surface area (Å²) in [6, 6.07) is 3.95. The van der Waals surface area contributed by atoms with Crippen LogP contribution in [0.25, 0.3) is 0 Å². The van der Waals surface area contributed by atoms with Crippen LogP contribution < -0.4 is 4.74 Å². The van der Waals surface area contributed by atoms with E-state index in [1.54, 1.807) is 6.92 Å². The van der Waals surface area contributed by atoms with Gasteiger partial charge in [-0.3, -0.25) is 4.79 Å². The summed E-state index contributed by atoms with van der Waals surface area (Å²) in [7, 11) is 0. The first-order valence-corrected chi connectivity index (χ1v) is 4.05. The van der Waals surface area contributed by atoms with Crippen LogP contribution in [0.3, 0.4) is 0 Å². The van der Waals surface area contributed by atoms with Crippen LogP contribution in [0.5, 0.6) is 5.75 Å². The summed E-state index contributed by atoms with van der Waals surface area (Å²) < 4.78 is 18.2. The van der Waals surface area contributed by atoms with Gasteiger partial charge in [0, 0.05) is 5.56 Å². The largest absolute Gasteiger partial charge is 0.475 e. The lowest BCUT2D eigenvalue weighted by Crippen LogP contribution is -2.09. The van der Waals surface area contributed by atoms with Gasteiger partial charge in [0.15, 0.2) is 17.7 Å². The first kappa shape index (κ1) is 10.3. The molecule has 0 aliphatic carbocycles. The molecule has 1 aromatic carbocycles. The summed E-state index contributed by atoms with van der Waals surface area (Å²) in [6.07, 6.45) is 5.15. The van der Waals surface area contributed by atoms with Crippen molar-refractivity contribution in [3.05, 3.63) is 29.6 Å².